The van der Waals surface area contributed by atoms with Gasteiger partial charge in [0.25, 0.3) is 5.56 Å². The van der Waals surface area contributed by atoms with Crippen molar-refractivity contribution in [3.8, 4) is 5.88 Å². The molecule has 3 atom stereocenters. The summed E-state index contributed by atoms with van der Waals surface area (Å²) in [6.07, 6.45) is -1.63. The van der Waals surface area contributed by atoms with E-state index in [9.17, 15) is 23.9 Å². The highest BCUT2D eigenvalue weighted by Crippen LogP contribution is 2.43. The maximum atomic E-state index is 12.2. The van der Waals surface area contributed by atoms with E-state index >= 15 is 0 Å². The second-order valence-corrected chi connectivity index (χ2v) is 9.67. The molecule has 1 aliphatic rings. The highest BCUT2D eigenvalue weighted by Gasteiger charge is 2.41. The number of phosphoric ester groups is 1. The summed E-state index contributed by atoms with van der Waals surface area (Å²) in [5.41, 5.74) is -0.229. The third-order valence-corrected chi connectivity index (χ3v) is 6.82. The summed E-state index contributed by atoms with van der Waals surface area (Å²) in [6, 6.07) is 5.28. The molecule has 0 amide bonds. The topological polar surface area (TPSA) is 156 Å². The largest absolute Gasteiger partial charge is 0.476 e. The van der Waals surface area contributed by atoms with Gasteiger partial charge < -0.3 is 24.2 Å². The molecular weight excluding hydrogens is 533 g/mol. The van der Waals surface area contributed by atoms with Crippen molar-refractivity contribution in [3.05, 3.63) is 60.3 Å². The number of hydrogen-bond acceptors (Lipinski definition) is 6. The molecule has 11 nitrogen and oxygen atoms in total. The zero-order chi connectivity index (χ0) is 23.2. The van der Waals surface area contributed by atoms with E-state index in [1.54, 1.807) is 12.1 Å². The van der Waals surface area contributed by atoms with Gasteiger partial charge in [-0.25, -0.2) is 9.36 Å². The first-order valence-corrected chi connectivity index (χ1v) is 12.0. The maximum absolute atomic E-state index is 12.2. The van der Waals surface area contributed by atoms with Crippen molar-refractivity contribution in [2.75, 3.05) is 6.61 Å². The van der Waals surface area contributed by atoms with Crippen molar-refractivity contribution < 1.29 is 28.3 Å². The Morgan fingerprint density at radius 1 is 1.34 bits per heavy atom. The zero-order valence-electron chi connectivity index (χ0n) is 16.4. The molecule has 1 aliphatic heterocycles. The van der Waals surface area contributed by atoms with E-state index in [1.165, 1.54) is 13.1 Å². The predicted octanol–water partition coefficient (Wildman–Crippen LogP) is 2.59. The van der Waals surface area contributed by atoms with Gasteiger partial charge in [0.05, 0.1) is 5.02 Å². The van der Waals surface area contributed by atoms with Crippen LogP contribution in [0.2, 0.25) is 5.02 Å². The lowest BCUT2D eigenvalue weighted by atomic mass is 10.2. The van der Waals surface area contributed by atoms with Crippen molar-refractivity contribution in [1.82, 2.24) is 14.5 Å². The Hall–Kier alpha value is -1.92. The van der Waals surface area contributed by atoms with E-state index < -0.39 is 37.5 Å². The van der Waals surface area contributed by atoms with Crippen molar-refractivity contribution in [1.29, 1.82) is 0 Å². The summed E-state index contributed by atoms with van der Waals surface area (Å²) in [6.45, 7) is 1.39. The summed E-state index contributed by atoms with van der Waals surface area (Å²) in [5.74, 6) is 0.360. The predicted molar refractivity (Wildman–Crippen MR) is 118 cm³/mol. The number of aryl methyl sites for hydroxylation is 1. The van der Waals surface area contributed by atoms with Crippen LogP contribution in [0.5, 0.6) is 5.88 Å². The normalized spacial score (nSPS) is 21.3. The Morgan fingerprint density at radius 2 is 2.09 bits per heavy atom. The number of hydrogen-bond donors (Lipinski definition) is 4. The molecule has 0 radical (unpaired) electrons. The quantitative estimate of drug-likeness (QED) is 0.341. The van der Waals surface area contributed by atoms with Gasteiger partial charge in [-0.2, -0.15) is 0 Å². The highest BCUT2D eigenvalue weighted by atomic mass is 79.9. The van der Waals surface area contributed by atoms with Gasteiger partial charge in [-0.15, -0.1) is 0 Å². The minimum absolute atomic E-state index is 0.0456. The van der Waals surface area contributed by atoms with E-state index in [0.717, 1.165) is 19.9 Å². The molecule has 3 aromatic rings. The van der Waals surface area contributed by atoms with Crippen LogP contribution in [0.3, 0.4) is 0 Å². The van der Waals surface area contributed by atoms with Crippen molar-refractivity contribution >= 4 is 46.3 Å². The van der Waals surface area contributed by atoms with Gasteiger partial charge >= 0.3 is 13.5 Å². The van der Waals surface area contributed by atoms with Gasteiger partial charge in [0.15, 0.2) is 5.88 Å². The second-order valence-electron chi connectivity index (χ2n) is 7.25. The molecule has 0 saturated carbocycles. The summed E-state index contributed by atoms with van der Waals surface area (Å²) in [4.78, 5) is 47.6. The SMILES string of the molecule is Cc1cn([C@H]2C[C@H](OP(=O)(O)O)[C@@H](COc3cc4c(Cl)c(Br)ccc4[nH]3)O2)c(=O)[nH]c1=O. The molecule has 0 aliphatic carbocycles. The number of rotatable bonds is 6. The first-order valence-electron chi connectivity index (χ1n) is 9.33. The standard InChI is InChI=1S/C18H18BrClN3O8P/c1-8-6-23(18(25)22-17(8)24)15-5-12(31-32(26,27)28)13(30-15)7-29-14-4-9-11(21-14)3-2-10(19)16(9)20/h2-4,6,12-13,15,21H,5,7H2,1H3,(H,22,24,25)(H2,26,27,28)/t12-,13+,15+/m0/s1. The third kappa shape index (κ3) is 4.86. The molecule has 1 fully saturated rings. The molecule has 1 saturated heterocycles. The number of nitrogens with zero attached hydrogens (tertiary/aromatic N) is 1. The lowest BCUT2D eigenvalue weighted by Crippen LogP contribution is -2.33. The van der Waals surface area contributed by atoms with Crippen LogP contribution >= 0.6 is 35.4 Å². The molecule has 4 rings (SSSR count). The fourth-order valence-corrected chi connectivity index (χ4v) is 4.61. The van der Waals surface area contributed by atoms with Gasteiger partial charge in [-0.1, -0.05) is 11.6 Å². The van der Waals surface area contributed by atoms with Crippen LogP contribution in [0.15, 0.2) is 38.5 Å². The maximum Gasteiger partial charge on any atom is 0.469 e. The Kier molecular flexibility index (Phi) is 6.38. The van der Waals surface area contributed by atoms with Crippen molar-refractivity contribution in [3.63, 3.8) is 0 Å². The average molecular weight is 551 g/mol. The summed E-state index contributed by atoms with van der Waals surface area (Å²) in [5, 5.41) is 1.22. The average Bonchev–Trinajstić information content (AvgIpc) is 3.29. The van der Waals surface area contributed by atoms with Crippen LogP contribution in [0.4, 0.5) is 0 Å². The molecule has 3 heterocycles. The van der Waals surface area contributed by atoms with Crippen LogP contribution in [0, 0.1) is 6.92 Å². The molecule has 0 spiro atoms. The molecule has 32 heavy (non-hydrogen) atoms. The van der Waals surface area contributed by atoms with Crippen molar-refractivity contribution in [2.45, 2.75) is 31.8 Å². The van der Waals surface area contributed by atoms with E-state index in [2.05, 4.69) is 25.9 Å². The Balaban J connectivity index is 1.56. The molecule has 4 N–H and O–H groups in total. The summed E-state index contributed by atoms with van der Waals surface area (Å²) < 4.78 is 29.7. The molecule has 0 bridgehead atoms. The lowest BCUT2D eigenvalue weighted by molar-refractivity contribution is -0.0409. The number of nitrogens with one attached hydrogen (secondary N) is 2. The number of phosphoric acid groups is 1. The second kappa shape index (κ2) is 8.79. The number of aromatic nitrogens is 3. The fourth-order valence-electron chi connectivity index (χ4n) is 3.47. The van der Waals surface area contributed by atoms with E-state index in [0.29, 0.717) is 10.9 Å². The third-order valence-electron chi connectivity index (χ3n) is 4.98. The van der Waals surface area contributed by atoms with Crippen LogP contribution in [0.1, 0.15) is 18.2 Å². The number of halogens is 2. The summed E-state index contributed by atoms with van der Waals surface area (Å²) >= 11 is 9.63. The zero-order valence-corrected chi connectivity index (χ0v) is 19.7. The Labute approximate surface area is 193 Å². The number of benzene rings is 1. The minimum Gasteiger partial charge on any atom is -0.476 e. The van der Waals surface area contributed by atoms with Gasteiger partial charge in [0.1, 0.15) is 25.0 Å². The van der Waals surface area contributed by atoms with Gasteiger partial charge in [0.2, 0.25) is 0 Å². The van der Waals surface area contributed by atoms with E-state index in [-0.39, 0.29) is 18.6 Å². The Morgan fingerprint density at radius 3 is 2.81 bits per heavy atom. The van der Waals surface area contributed by atoms with Crippen LogP contribution < -0.4 is 16.0 Å². The molecule has 172 valence electrons. The molecular formula is C18H18BrClN3O8P. The molecule has 14 heteroatoms. The first-order chi connectivity index (χ1) is 15.0. The van der Waals surface area contributed by atoms with E-state index in [4.69, 9.17) is 25.6 Å². The lowest BCUT2D eigenvalue weighted by Gasteiger charge is -2.19. The van der Waals surface area contributed by atoms with Crippen LogP contribution in [-0.4, -0.2) is 43.1 Å². The minimum atomic E-state index is -4.84. The number of fused-ring (bicyclic) bond motifs is 1. The summed E-state index contributed by atoms with van der Waals surface area (Å²) in [7, 11) is -4.84. The number of H-pyrrole nitrogens is 2. The molecule has 2 aromatic heterocycles. The Bertz CT molecular complexity index is 1330. The van der Waals surface area contributed by atoms with Gasteiger partial charge in [-0.05, 0) is 35.0 Å². The first kappa shape index (κ1) is 23.2. The van der Waals surface area contributed by atoms with Gasteiger partial charge in [0, 0.05) is 39.6 Å². The smallest absolute Gasteiger partial charge is 0.469 e. The van der Waals surface area contributed by atoms with Crippen LogP contribution in [-0.2, 0) is 13.8 Å². The molecule has 1 aromatic carbocycles. The highest BCUT2D eigenvalue weighted by molar-refractivity contribution is 9.10. The van der Waals surface area contributed by atoms with Crippen LogP contribution in [0.25, 0.3) is 10.9 Å². The van der Waals surface area contributed by atoms with Gasteiger partial charge in [-0.3, -0.25) is 18.9 Å². The van der Waals surface area contributed by atoms with E-state index in [1.807, 2.05) is 6.07 Å². The van der Waals surface area contributed by atoms with Crippen molar-refractivity contribution in [2.24, 2.45) is 0 Å². The molecule has 0 unspecified atom stereocenters. The fraction of sp³-hybridized carbons (Fsp3) is 0.333. The number of ether oxygens (including phenoxy) is 2. The number of aromatic amines is 2. The monoisotopic (exact) mass is 549 g/mol.